The number of ketones is 1. The van der Waals surface area contributed by atoms with Crippen LogP contribution in [0, 0.1) is 11.6 Å². The van der Waals surface area contributed by atoms with Gasteiger partial charge in [-0.3, -0.25) is 4.79 Å². The molecule has 1 aromatic carbocycles. The standard InChI is InChI=1S/C12H11F2NO3/c1-15(2)6-7(12(17)18)11(16)10-8(13)4-3-5-9(10)14/h3-6H,1-2H3,(H,17,18). The fourth-order valence-corrected chi connectivity index (χ4v) is 1.32. The quantitative estimate of drug-likeness (QED) is 0.385. The highest BCUT2D eigenvalue weighted by Crippen LogP contribution is 2.17. The zero-order valence-electron chi connectivity index (χ0n) is 9.78. The molecule has 0 atom stereocenters. The lowest BCUT2D eigenvalue weighted by molar-refractivity contribution is -0.132. The maximum absolute atomic E-state index is 13.4. The van der Waals surface area contributed by atoms with E-state index < -0.39 is 34.5 Å². The summed E-state index contributed by atoms with van der Waals surface area (Å²) >= 11 is 0. The van der Waals surface area contributed by atoms with Crippen molar-refractivity contribution >= 4 is 11.8 Å². The highest BCUT2D eigenvalue weighted by Gasteiger charge is 2.25. The number of carboxylic acid groups (broad SMARTS) is 1. The molecule has 0 bridgehead atoms. The van der Waals surface area contributed by atoms with Crippen molar-refractivity contribution in [3.63, 3.8) is 0 Å². The summed E-state index contributed by atoms with van der Waals surface area (Å²) in [7, 11) is 2.99. The van der Waals surface area contributed by atoms with E-state index in [1.54, 1.807) is 0 Å². The Morgan fingerprint density at radius 1 is 1.22 bits per heavy atom. The maximum atomic E-state index is 13.4. The molecule has 0 amide bonds. The van der Waals surface area contributed by atoms with Gasteiger partial charge < -0.3 is 10.0 Å². The van der Waals surface area contributed by atoms with E-state index in [4.69, 9.17) is 5.11 Å². The number of carbonyl (C=O) groups is 2. The molecule has 0 fully saturated rings. The summed E-state index contributed by atoms with van der Waals surface area (Å²) in [4.78, 5) is 24.0. The largest absolute Gasteiger partial charge is 0.477 e. The Labute approximate surface area is 102 Å². The van der Waals surface area contributed by atoms with E-state index in [0.29, 0.717) is 0 Å². The van der Waals surface area contributed by atoms with Crippen molar-refractivity contribution in [2.24, 2.45) is 0 Å². The fraction of sp³-hybridized carbons (Fsp3) is 0.167. The van der Waals surface area contributed by atoms with Gasteiger partial charge in [-0.05, 0) is 12.1 Å². The Kier molecular flexibility index (Phi) is 4.14. The van der Waals surface area contributed by atoms with Crippen LogP contribution >= 0.6 is 0 Å². The van der Waals surface area contributed by atoms with Crippen LogP contribution in [0.15, 0.2) is 30.0 Å². The van der Waals surface area contributed by atoms with Crippen molar-refractivity contribution in [1.82, 2.24) is 4.90 Å². The van der Waals surface area contributed by atoms with Crippen LogP contribution in [0.3, 0.4) is 0 Å². The van der Waals surface area contributed by atoms with Gasteiger partial charge in [0.15, 0.2) is 0 Å². The van der Waals surface area contributed by atoms with Crippen LogP contribution in [-0.4, -0.2) is 35.9 Å². The first kappa shape index (κ1) is 13.8. The predicted octanol–water partition coefficient (Wildman–Crippen LogP) is 1.68. The van der Waals surface area contributed by atoms with Crippen molar-refractivity contribution < 1.29 is 23.5 Å². The van der Waals surface area contributed by atoms with E-state index in [9.17, 15) is 18.4 Å². The number of Topliss-reactive ketones (excluding diaryl/α,β-unsaturated/α-hetero) is 1. The lowest BCUT2D eigenvalue weighted by Crippen LogP contribution is -2.18. The second-order valence-corrected chi connectivity index (χ2v) is 3.74. The van der Waals surface area contributed by atoms with Crippen LogP contribution < -0.4 is 0 Å². The first-order valence-electron chi connectivity index (χ1n) is 4.95. The minimum Gasteiger partial charge on any atom is -0.477 e. The van der Waals surface area contributed by atoms with Crippen molar-refractivity contribution in [2.75, 3.05) is 14.1 Å². The van der Waals surface area contributed by atoms with E-state index in [0.717, 1.165) is 24.4 Å². The molecule has 0 spiro atoms. The topological polar surface area (TPSA) is 57.6 Å². The minimum absolute atomic E-state index is 0.705. The molecule has 6 heteroatoms. The van der Waals surface area contributed by atoms with E-state index in [-0.39, 0.29) is 0 Å². The third-order valence-electron chi connectivity index (χ3n) is 2.05. The molecule has 18 heavy (non-hydrogen) atoms. The molecule has 0 aromatic heterocycles. The number of hydrogen-bond acceptors (Lipinski definition) is 3. The predicted molar refractivity (Wildman–Crippen MR) is 60.1 cm³/mol. The van der Waals surface area contributed by atoms with Crippen LogP contribution in [0.25, 0.3) is 0 Å². The van der Waals surface area contributed by atoms with Gasteiger partial charge in [-0.15, -0.1) is 0 Å². The first-order valence-corrected chi connectivity index (χ1v) is 4.95. The fourth-order valence-electron chi connectivity index (χ4n) is 1.32. The molecule has 0 aliphatic carbocycles. The van der Waals surface area contributed by atoms with Gasteiger partial charge in [0.25, 0.3) is 0 Å². The molecular formula is C12H11F2NO3. The Morgan fingerprint density at radius 3 is 2.11 bits per heavy atom. The highest BCUT2D eigenvalue weighted by atomic mass is 19.1. The number of benzene rings is 1. The Balaban J connectivity index is 3.32. The molecule has 0 aliphatic heterocycles. The summed E-state index contributed by atoms with van der Waals surface area (Å²) in [5, 5.41) is 8.87. The van der Waals surface area contributed by atoms with E-state index in [2.05, 4.69) is 0 Å². The van der Waals surface area contributed by atoms with Gasteiger partial charge in [0.2, 0.25) is 5.78 Å². The number of carboxylic acids is 1. The van der Waals surface area contributed by atoms with Crippen LogP contribution in [-0.2, 0) is 4.79 Å². The van der Waals surface area contributed by atoms with Gasteiger partial charge >= 0.3 is 5.97 Å². The second-order valence-electron chi connectivity index (χ2n) is 3.74. The van der Waals surface area contributed by atoms with Crippen LogP contribution in [0.4, 0.5) is 8.78 Å². The van der Waals surface area contributed by atoms with Gasteiger partial charge in [-0.2, -0.15) is 0 Å². The van der Waals surface area contributed by atoms with Crippen molar-refractivity contribution in [1.29, 1.82) is 0 Å². The van der Waals surface area contributed by atoms with E-state index >= 15 is 0 Å². The molecule has 1 aromatic rings. The summed E-state index contributed by atoms with van der Waals surface area (Å²) in [6, 6.07) is 2.88. The van der Waals surface area contributed by atoms with E-state index in [1.807, 2.05) is 0 Å². The highest BCUT2D eigenvalue weighted by molar-refractivity contribution is 6.23. The Morgan fingerprint density at radius 2 is 1.72 bits per heavy atom. The third-order valence-corrected chi connectivity index (χ3v) is 2.05. The average Bonchev–Trinajstić information content (AvgIpc) is 2.24. The smallest absolute Gasteiger partial charge is 0.341 e. The van der Waals surface area contributed by atoms with E-state index in [1.165, 1.54) is 19.0 Å². The van der Waals surface area contributed by atoms with Gasteiger partial charge in [0, 0.05) is 20.3 Å². The molecule has 0 heterocycles. The summed E-state index contributed by atoms with van der Waals surface area (Å²) in [6.07, 6.45) is 0.997. The van der Waals surface area contributed by atoms with Crippen LogP contribution in [0.1, 0.15) is 10.4 Å². The van der Waals surface area contributed by atoms with Gasteiger partial charge in [-0.25, -0.2) is 13.6 Å². The minimum atomic E-state index is -1.55. The molecular weight excluding hydrogens is 244 g/mol. The zero-order chi connectivity index (χ0) is 13.9. The molecule has 0 aliphatic rings. The molecule has 1 N–H and O–H groups in total. The second kappa shape index (κ2) is 5.39. The van der Waals surface area contributed by atoms with Crippen LogP contribution in [0.5, 0.6) is 0 Å². The Hall–Kier alpha value is -2.24. The normalized spacial score (nSPS) is 11.2. The number of carbonyl (C=O) groups excluding carboxylic acids is 1. The third kappa shape index (κ3) is 2.91. The first-order chi connectivity index (χ1) is 8.34. The summed E-state index contributed by atoms with van der Waals surface area (Å²) < 4.78 is 26.7. The summed E-state index contributed by atoms with van der Waals surface area (Å²) in [5.41, 5.74) is -1.57. The molecule has 0 radical (unpaired) electrons. The molecule has 0 saturated carbocycles. The molecule has 0 unspecified atom stereocenters. The average molecular weight is 255 g/mol. The molecule has 1 rings (SSSR count). The SMILES string of the molecule is CN(C)C=C(C(=O)O)C(=O)c1c(F)cccc1F. The van der Waals surface area contributed by atoms with Crippen molar-refractivity contribution in [3.8, 4) is 0 Å². The number of rotatable bonds is 4. The van der Waals surface area contributed by atoms with Crippen molar-refractivity contribution in [3.05, 3.63) is 47.2 Å². The lowest BCUT2D eigenvalue weighted by atomic mass is 10.0. The number of halogens is 2. The van der Waals surface area contributed by atoms with Crippen molar-refractivity contribution in [2.45, 2.75) is 0 Å². The van der Waals surface area contributed by atoms with Crippen LogP contribution in [0.2, 0.25) is 0 Å². The maximum Gasteiger partial charge on any atom is 0.341 e. The Bertz CT molecular complexity index is 504. The number of hydrogen-bond donors (Lipinski definition) is 1. The molecule has 4 nitrogen and oxygen atoms in total. The monoisotopic (exact) mass is 255 g/mol. The van der Waals surface area contributed by atoms with Gasteiger partial charge in [0.05, 0.1) is 5.56 Å². The van der Waals surface area contributed by atoms with Gasteiger partial charge in [0.1, 0.15) is 17.2 Å². The molecule has 96 valence electrons. The number of nitrogens with zero attached hydrogens (tertiary/aromatic N) is 1. The van der Waals surface area contributed by atoms with Gasteiger partial charge in [-0.1, -0.05) is 6.07 Å². The summed E-state index contributed by atoms with van der Waals surface area (Å²) in [5.74, 6) is -4.93. The summed E-state index contributed by atoms with van der Waals surface area (Å²) in [6.45, 7) is 0. The zero-order valence-corrected chi connectivity index (χ0v) is 9.78. The lowest BCUT2D eigenvalue weighted by Gasteiger charge is -2.09. The number of aliphatic carboxylic acids is 1. The molecule has 0 saturated heterocycles.